The first-order valence-electron chi connectivity index (χ1n) is 8.26. The van der Waals surface area contributed by atoms with E-state index in [2.05, 4.69) is 15.3 Å². The van der Waals surface area contributed by atoms with E-state index in [1.165, 1.54) is 16.0 Å². The summed E-state index contributed by atoms with van der Waals surface area (Å²) in [7, 11) is 3.24. The molecule has 9 heteroatoms. The van der Waals surface area contributed by atoms with Gasteiger partial charge in [-0.3, -0.25) is 0 Å². The molecule has 2 heterocycles. The fraction of sp³-hybridized carbons (Fsp3) is 0.105. The Morgan fingerprint density at radius 2 is 1.96 bits per heavy atom. The topological polar surface area (TPSA) is 88.1 Å². The van der Waals surface area contributed by atoms with Crippen LogP contribution >= 0.6 is 22.9 Å². The maximum absolute atomic E-state index is 6.28. The van der Waals surface area contributed by atoms with Gasteiger partial charge in [-0.05, 0) is 36.4 Å². The summed E-state index contributed by atoms with van der Waals surface area (Å²) in [6.07, 6.45) is 0. The molecule has 0 atom stereocenters. The molecule has 0 aliphatic rings. The van der Waals surface area contributed by atoms with Crippen molar-refractivity contribution in [2.24, 2.45) is 0 Å². The highest BCUT2D eigenvalue weighted by Gasteiger charge is 2.18. The molecule has 4 aromatic rings. The van der Waals surface area contributed by atoms with E-state index >= 15 is 0 Å². The van der Waals surface area contributed by atoms with Crippen LogP contribution in [0.4, 0.5) is 5.82 Å². The molecule has 0 saturated heterocycles. The van der Waals surface area contributed by atoms with E-state index in [1.807, 2.05) is 35.7 Å². The van der Waals surface area contributed by atoms with Crippen molar-refractivity contribution in [1.82, 2.24) is 20.0 Å². The van der Waals surface area contributed by atoms with Crippen LogP contribution in [0.1, 0.15) is 0 Å². The first kappa shape index (κ1) is 18.3. The minimum absolute atomic E-state index is 0.390. The highest BCUT2D eigenvalue weighted by Crippen LogP contribution is 2.37. The molecule has 4 rings (SSSR count). The number of ether oxygens (including phenoxy) is 2. The van der Waals surface area contributed by atoms with Crippen molar-refractivity contribution in [3.8, 4) is 39.1 Å². The number of anilines is 1. The van der Waals surface area contributed by atoms with Crippen molar-refractivity contribution in [2.45, 2.75) is 0 Å². The maximum Gasteiger partial charge on any atom is 0.165 e. The molecule has 142 valence electrons. The predicted octanol–water partition coefficient (Wildman–Crippen LogP) is 4.31. The molecule has 0 fully saturated rings. The van der Waals surface area contributed by atoms with Crippen molar-refractivity contribution < 1.29 is 9.47 Å². The Labute approximate surface area is 170 Å². The van der Waals surface area contributed by atoms with Gasteiger partial charge in [-0.2, -0.15) is 4.68 Å². The maximum atomic E-state index is 6.28. The lowest BCUT2D eigenvalue weighted by molar-refractivity contribution is 0.404. The van der Waals surface area contributed by atoms with Gasteiger partial charge in [-0.1, -0.05) is 22.9 Å². The molecular formula is C19H16ClN5O2S. The summed E-state index contributed by atoms with van der Waals surface area (Å²) in [5, 5.41) is 11.5. The molecule has 0 saturated carbocycles. The van der Waals surface area contributed by atoms with Gasteiger partial charge in [0, 0.05) is 16.0 Å². The number of hydrogen-bond donors (Lipinski definition) is 1. The lowest BCUT2D eigenvalue weighted by atomic mass is 10.1. The number of rotatable bonds is 5. The summed E-state index contributed by atoms with van der Waals surface area (Å²) in [5.74, 6) is 1.81. The van der Waals surface area contributed by atoms with E-state index in [4.69, 9.17) is 26.8 Å². The third kappa shape index (κ3) is 3.28. The van der Waals surface area contributed by atoms with E-state index in [9.17, 15) is 0 Å². The van der Waals surface area contributed by atoms with Crippen LogP contribution in [0.3, 0.4) is 0 Å². The third-order valence-electron chi connectivity index (χ3n) is 4.15. The standard InChI is InChI=1S/C19H16ClN5O2S/c1-26-13-6-7-16(27-2)14(9-13)15-10-28-19(22-15)17-18(21)25(24-23-17)12-5-3-4-11(20)8-12/h3-10H,21H2,1-2H3. The number of hydrogen-bond acceptors (Lipinski definition) is 7. The summed E-state index contributed by atoms with van der Waals surface area (Å²) in [6, 6.07) is 12.8. The molecule has 2 N–H and O–H groups in total. The third-order valence-corrected chi connectivity index (χ3v) is 5.23. The Hall–Kier alpha value is -3.10. The molecule has 7 nitrogen and oxygen atoms in total. The zero-order valence-corrected chi connectivity index (χ0v) is 16.7. The van der Waals surface area contributed by atoms with Gasteiger partial charge in [0.15, 0.2) is 11.5 Å². The Morgan fingerprint density at radius 1 is 1.11 bits per heavy atom. The molecule has 0 bridgehead atoms. The fourth-order valence-corrected chi connectivity index (χ4v) is 3.76. The van der Waals surface area contributed by atoms with Crippen LogP contribution in [-0.4, -0.2) is 34.2 Å². The van der Waals surface area contributed by atoms with E-state index < -0.39 is 0 Å². The summed E-state index contributed by atoms with van der Waals surface area (Å²) in [4.78, 5) is 4.68. The van der Waals surface area contributed by atoms with Crippen molar-refractivity contribution in [3.63, 3.8) is 0 Å². The number of nitrogen functional groups attached to an aromatic ring is 1. The number of methoxy groups -OCH3 is 2. The van der Waals surface area contributed by atoms with Crippen LogP contribution < -0.4 is 15.2 Å². The van der Waals surface area contributed by atoms with Gasteiger partial charge in [-0.25, -0.2) is 4.98 Å². The van der Waals surface area contributed by atoms with E-state index in [1.54, 1.807) is 26.4 Å². The minimum Gasteiger partial charge on any atom is -0.497 e. The highest BCUT2D eigenvalue weighted by molar-refractivity contribution is 7.13. The molecule has 28 heavy (non-hydrogen) atoms. The SMILES string of the molecule is COc1ccc(OC)c(-c2csc(-c3nnn(-c4cccc(Cl)c4)c3N)n2)c1. The zero-order chi connectivity index (χ0) is 19.7. The Kier molecular flexibility index (Phi) is 4.89. The summed E-state index contributed by atoms with van der Waals surface area (Å²) in [6.45, 7) is 0. The average Bonchev–Trinajstić information content (AvgIpc) is 3.34. The smallest absolute Gasteiger partial charge is 0.165 e. The second-order valence-electron chi connectivity index (χ2n) is 5.82. The quantitative estimate of drug-likeness (QED) is 0.524. The Balaban J connectivity index is 1.73. The van der Waals surface area contributed by atoms with Gasteiger partial charge < -0.3 is 15.2 Å². The van der Waals surface area contributed by atoms with Gasteiger partial charge in [0.2, 0.25) is 0 Å². The summed E-state index contributed by atoms with van der Waals surface area (Å²) < 4.78 is 12.3. The highest BCUT2D eigenvalue weighted by atomic mass is 35.5. The van der Waals surface area contributed by atoms with Crippen LogP contribution in [0.2, 0.25) is 5.02 Å². The number of thiazole rings is 1. The van der Waals surface area contributed by atoms with Crippen LogP contribution in [0, 0.1) is 0 Å². The summed E-state index contributed by atoms with van der Waals surface area (Å²) >= 11 is 7.49. The van der Waals surface area contributed by atoms with Gasteiger partial charge in [0.25, 0.3) is 0 Å². The number of nitrogens with zero attached hydrogens (tertiary/aromatic N) is 4. The Bertz CT molecular complexity index is 1140. The summed E-state index contributed by atoms with van der Waals surface area (Å²) in [5.41, 5.74) is 9.09. The van der Waals surface area contributed by atoms with Crippen LogP contribution in [-0.2, 0) is 0 Å². The van der Waals surface area contributed by atoms with Gasteiger partial charge in [-0.15, -0.1) is 16.4 Å². The molecular weight excluding hydrogens is 398 g/mol. The lowest BCUT2D eigenvalue weighted by Crippen LogP contribution is -2.02. The fourth-order valence-electron chi connectivity index (χ4n) is 2.76. The van der Waals surface area contributed by atoms with E-state index in [0.717, 1.165) is 22.7 Å². The number of aromatic nitrogens is 4. The second kappa shape index (κ2) is 7.49. The van der Waals surface area contributed by atoms with Crippen LogP contribution in [0.15, 0.2) is 47.8 Å². The minimum atomic E-state index is 0.390. The number of halogens is 1. The average molecular weight is 414 g/mol. The van der Waals surface area contributed by atoms with Crippen molar-refractivity contribution >= 4 is 28.8 Å². The monoisotopic (exact) mass is 413 g/mol. The second-order valence-corrected chi connectivity index (χ2v) is 7.11. The number of nitrogens with two attached hydrogens (primary N) is 1. The molecule has 0 spiro atoms. The molecule has 0 amide bonds. The molecule has 0 unspecified atom stereocenters. The van der Waals surface area contributed by atoms with Gasteiger partial charge in [0.1, 0.15) is 16.5 Å². The Morgan fingerprint density at radius 3 is 2.71 bits per heavy atom. The molecule has 2 aromatic heterocycles. The normalized spacial score (nSPS) is 10.8. The van der Waals surface area contributed by atoms with Crippen molar-refractivity contribution in [3.05, 3.63) is 52.9 Å². The first-order valence-corrected chi connectivity index (χ1v) is 9.52. The predicted molar refractivity (Wildman–Crippen MR) is 110 cm³/mol. The molecule has 0 radical (unpaired) electrons. The van der Waals surface area contributed by atoms with Crippen LogP contribution in [0.25, 0.3) is 27.6 Å². The zero-order valence-electron chi connectivity index (χ0n) is 15.1. The van der Waals surface area contributed by atoms with E-state index in [0.29, 0.717) is 27.3 Å². The number of benzene rings is 2. The molecule has 0 aliphatic carbocycles. The molecule has 0 aliphatic heterocycles. The largest absolute Gasteiger partial charge is 0.497 e. The lowest BCUT2D eigenvalue weighted by Gasteiger charge is -2.08. The van der Waals surface area contributed by atoms with Gasteiger partial charge >= 0.3 is 0 Å². The van der Waals surface area contributed by atoms with Crippen molar-refractivity contribution in [1.29, 1.82) is 0 Å². The van der Waals surface area contributed by atoms with Crippen molar-refractivity contribution in [2.75, 3.05) is 20.0 Å². The van der Waals surface area contributed by atoms with Crippen LogP contribution in [0.5, 0.6) is 11.5 Å². The molecule has 2 aromatic carbocycles. The van der Waals surface area contributed by atoms with Gasteiger partial charge in [0.05, 0.1) is 25.6 Å². The van der Waals surface area contributed by atoms with E-state index in [-0.39, 0.29) is 0 Å². The first-order chi connectivity index (χ1) is 13.6.